The van der Waals surface area contributed by atoms with Gasteiger partial charge in [-0.2, -0.15) is 0 Å². The highest BCUT2D eigenvalue weighted by Gasteiger charge is 2.41. The SMILES string of the molecule is CC[N+](CC)(CC)CCN1C(=O)c2ccccc2S1(=O)=O. The number of benzene rings is 1. The summed E-state index contributed by atoms with van der Waals surface area (Å²) in [7, 11) is -3.67. The lowest BCUT2D eigenvalue weighted by Gasteiger charge is -2.36. The summed E-state index contributed by atoms with van der Waals surface area (Å²) >= 11 is 0. The second kappa shape index (κ2) is 5.77. The molecule has 21 heavy (non-hydrogen) atoms. The number of nitrogens with zero attached hydrogens (tertiary/aromatic N) is 2. The van der Waals surface area contributed by atoms with Crippen molar-refractivity contribution in [1.29, 1.82) is 0 Å². The molecule has 0 radical (unpaired) electrons. The van der Waals surface area contributed by atoms with E-state index in [1.54, 1.807) is 18.2 Å². The van der Waals surface area contributed by atoms with Gasteiger partial charge in [-0.25, -0.2) is 12.7 Å². The van der Waals surface area contributed by atoms with E-state index < -0.39 is 15.9 Å². The maximum atomic E-state index is 12.5. The number of hydrogen-bond acceptors (Lipinski definition) is 3. The molecule has 0 aliphatic carbocycles. The molecular formula is C15H23N2O3S+. The van der Waals surface area contributed by atoms with Gasteiger partial charge in [0.15, 0.2) is 0 Å². The largest absolute Gasteiger partial charge is 0.323 e. The summed E-state index contributed by atoms with van der Waals surface area (Å²) in [5.74, 6) is -0.396. The van der Waals surface area contributed by atoms with Gasteiger partial charge in [0, 0.05) is 0 Å². The first kappa shape index (κ1) is 16.0. The summed E-state index contributed by atoms with van der Waals surface area (Å²) in [6.07, 6.45) is 0. The molecule has 116 valence electrons. The van der Waals surface area contributed by atoms with Crippen LogP contribution in [0.2, 0.25) is 0 Å². The highest BCUT2D eigenvalue weighted by atomic mass is 32.2. The maximum absolute atomic E-state index is 12.5. The maximum Gasteiger partial charge on any atom is 0.269 e. The standard InChI is InChI=1S/C15H23N2O3S/c1-4-17(5-2,6-3)12-11-16-15(18)13-9-7-8-10-14(13)21(16,19)20/h7-10H,4-6,11-12H2,1-3H3/q+1. The average Bonchev–Trinajstić information content (AvgIpc) is 2.70. The van der Waals surface area contributed by atoms with E-state index in [0.29, 0.717) is 12.1 Å². The molecular weight excluding hydrogens is 288 g/mol. The average molecular weight is 311 g/mol. The molecule has 0 fully saturated rings. The van der Waals surface area contributed by atoms with E-state index in [9.17, 15) is 13.2 Å². The number of sulfonamides is 1. The zero-order valence-corrected chi connectivity index (χ0v) is 13.7. The molecule has 1 heterocycles. The fraction of sp³-hybridized carbons (Fsp3) is 0.533. The molecule has 0 atom stereocenters. The first-order chi connectivity index (χ1) is 9.91. The van der Waals surface area contributed by atoms with Gasteiger partial charge in [0.25, 0.3) is 15.9 Å². The van der Waals surface area contributed by atoms with Crippen molar-refractivity contribution in [3.63, 3.8) is 0 Å². The Morgan fingerprint density at radius 2 is 1.62 bits per heavy atom. The Morgan fingerprint density at radius 1 is 1.05 bits per heavy atom. The van der Waals surface area contributed by atoms with E-state index in [-0.39, 0.29) is 11.4 Å². The van der Waals surface area contributed by atoms with Crippen LogP contribution in [0.1, 0.15) is 31.1 Å². The van der Waals surface area contributed by atoms with Crippen LogP contribution in [0.25, 0.3) is 0 Å². The van der Waals surface area contributed by atoms with Crippen molar-refractivity contribution in [3.8, 4) is 0 Å². The van der Waals surface area contributed by atoms with Crippen molar-refractivity contribution >= 4 is 15.9 Å². The fourth-order valence-corrected chi connectivity index (χ4v) is 4.46. The molecule has 0 unspecified atom stereocenters. The van der Waals surface area contributed by atoms with E-state index in [1.165, 1.54) is 6.07 Å². The molecule has 1 aromatic carbocycles. The van der Waals surface area contributed by atoms with Crippen LogP contribution in [-0.2, 0) is 10.0 Å². The van der Waals surface area contributed by atoms with Gasteiger partial charge in [-0.05, 0) is 32.9 Å². The van der Waals surface area contributed by atoms with E-state index >= 15 is 0 Å². The van der Waals surface area contributed by atoms with Gasteiger partial charge in [-0.3, -0.25) is 4.79 Å². The Balaban J connectivity index is 2.26. The minimum Gasteiger partial charge on any atom is -0.323 e. The van der Waals surface area contributed by atoms with Gasteiger partial charge in [0.2, 0.25) is 0 Å². The number of rotatable bonds is 6. The van der Waals surface area contributed by atoms with Crippen LogP contribution in [0.3, 0.4) is 0 Å². The Bertz CT molecular complexity index is 628. The zero-order chi connectivity index (χ0) is 15.7. The summed E-state index contributed by atoms with van der Waals surface area (Å²) in [5.41, 5.74) is 0.292. The minimum absolute atomic E-state index is 0.137. The number of carbonyl (C=O) groups is 1. The van der Waals surface area contributed by atoms with Crippen LogP contribution in [0.15, 0.2) is 29.2 Å². The molecule has 0 aromatic heterocycles. The molecule has 0 saturated heterocycles. The van der Waals surface area contributed by atoms with Crippen LogP contribution < -0.4 is 0 Å². The number of quaternary nitrogens is 1. The van der Waals surface area contributed by atoms with Gasteiger partial charge >= 0.3 is 0 Å². The van der Waals surface area contributed by atoms with E-state index in [1.807, 2.05) is 0 Å². The molecule has 1 aliphatic heterocycles. The predicted molar refractivity (Wildman–Crippen MR) is 81.4 cm³/mol. The van der Waals surface area contributed by atoms with Crippen LogP contribution >= 0.6 is 0 Å². The molecule has 6 heteroatoms. The molecule has 1 aliphatic rings. The quantitative estimate of drug-likeness (QED) is 0.752. The summed E-state index contributed by atoms with van der Waals surface area (Å²) in [6.45, 7) is 9.99. The number of hydrogen-bond donors (Lipinski definition) is 0. The number of carbonyl (C=O) groups excluding carboxylic acids is 1. The van der Waals surface area contributed by atoms with Gasteiger partial charge in [0.05, 0.1) is 38.3 Å². The first-order valence-electron chi connectivity index (χ1n) is 7.43. The Kier molecular flexibility index (Phi) is 4.39. The second-order valence-corrected chi connectivity index (χ2v) is 7.22. The zero-order valence-electron chi connectivity index (χ0n) is 12.9. The van der Waals surface area contributed by atoms with Crippen LogP contribution in [-0.4, -0.2) is 55.8 Å². The highest BCUT2D eigenvalue weighted by molar-refractivity contribution is 7.90. The lowest BCUT2D eigenvalue weighted by molar-refractivity contribution is -0.922. The molecule has 1 amide bonds. The van der Waals surface area contributed by atoms with Crippen molar-refractivity contribution in [2.75, 3.05) is 32.7 Å². The third kappa shape index (κ3) is 2.58. The van der Waals surface area contributed by atoms with Crippen molar-refractivity contribution in [2.45, 2.75) is 25.7 Å². The molecule has 0 saturated carbocycles. The molecule has 5 nitrogen and oxygen atoms in total. The van der Waals surface area contributed by atoms with E-state index in [4.69, 9.17) is 0 Å². The predicted octanol–water partition coefficient (Wildman–Crippen LogP) is 1.71. The van der Waals surface area contributed by atoms with Gasteiger partial charge in [0.1, 0.15) is 4.90 Å². The van der Waals surface area contributed by atoms with Gasteiger partial charge in [-0.15, -0.1) is 0 Å². The summed E-state index contributed by atoms with van der Waals surface area (Å²) in [4.78, 5) is 12.5. The highest BCUT2D eigenvalue weighted by Crippen LogP contribution is 2.29. The van der Waals surface area contributed by atoms with Gasteiger partial charge < -0.3 is 4.48 Å². The lowest BCUT2D eigenvalue weighted by atomic mass is 10.2. The summed E-state index contributed by atoms with van der Waals surface area (Å²) in [5, 5.41) is 0. The van der Waals surface area contributed by atoms with Gasteiger partial charge in [-0.1, -0.05) is 12.1 Å². The molecule has 0 bridgehead atoms. The van der Waals surface area contributed by atoms with Crippen LogP contribution in [0, 0.1) is 0 Å². The third-order valence-corrected chi connectivity index (χ3v) is 6.54. The molecule has 0 N–H and O–H groups in total. The van der Waals surface area contributed by atoms with E-state index in [2.05, 4.69) is 20.8 Å². The normalized spacial score (nSPS) is 17.1. The first-order valence-corrected chi connectivity index (χ1v) is 8.87. The smallest absolute Gasteiger partial charge is 0.269 e. The third-order valence-electron chi connectivity index (χ3n) is 4.70. The minimum atomic E-state index is -3.67. The number of amides is 1. The lowest BCUT2D eigenvalue weighted by Crippen LogP contribution is -2.52. The Hall–Kier alpha value is -1.40. The van der Waals surface area contributed by atoms with Crippen LogP contribution in [0.5, 0.6) is 0 Å². The summed E-state index contributed by atoms with van der Waals surface area (Å²) in [6, 6.07) is 6.43. The Morgan fingerprint density at radius 3 is 2.14 bits per heavy atom. The fourth-order valence-electron chi connectivity index (χ4n) is 2.90. The topological polar surface area (TPSA) is 54.5 Å². The van der Waals surface area contributed by atoms with E-state index in [0.717, 1.165) is 28.4 Å². The summed E-state index contributed by atoms with van der Waals surface area (Å²) < 4.78 is 26.8. The van der Waals surface area contributed by atoms with Crippen LogP contribution in [0.4, 0.5) is 0 Å². The Labute approximate surface area is 126 Å². The van der Waals surface area contributed by atoms with Crippen molar-refractivity contribution in [1.82, 2.24) is 4.31 Å². The monoisotopic (exact) mass is 311 g/mol. The molecule has 0 spiro atoms. The molecule has 2 rings (SSSR count). The van der Waals surface area contributed by atoms with Crippen molar-refractivity contribution in [3.05, 3.63) is 29.8 Å². The number of fused-ring (bicyclic) bond motifs is 1. The second-order valence-electron chi connectivity index (χ2n) is 5.39. The molecule has 1 aromatic rings. The van der Waals surface area contributed by atoms with Crippen molar-refractivity contribution < 1.29 is 17.7 Å². The number of likely N-dealkylation sites (N-methyl/N-ethyl adjacent to an activating group) is 1. The van der Waals surface area contributed by atoms with Crippen molar-refractivity contribution in [2.24, 2.45) is 0 Å².